The summed E-state index contributed by atoms with van der Waals surface area (Å²) in [5.41, 5.74) is -0.781. The van der Waals surface area contributed by atoms with Crippen LogP contribution in [0.4, 0.5) is 5.69 Å². The lowest BCUT2D eigenvalue weighted by Gasteiger charge is -2.38. The first kappa shape index (κ1) is 26.5. The van der Waals surface area contributed by atoms with Crippen molar-refractivity contribution in [1.82, 2.24) is 10.2 Å². The molecule has 0 aromatic heterocycles. The van der Waals surface area contributed by atoms with Crippen molar-refractivity contribution >= 4 is 46.6 Å². The second-order valence-electron chi connectivity index (χ2n) is 10.8. The molecule has 1 aromatic rings. The molecular formula is C27H33Cl2N3O5. The maximum absolute atomic E-state index is 13.9. The minimum absolute atomic E-state index is 0.0281. The first-order valence-electron chi connectivity index (χ1n) is 12.9. The number of fused-ring (bicyclic) bond motifs is 1. The number of amides is 3. The lowest BCUT2D eigenvalue weighted by atomic mass is 9.73. The molecule has 1 aromatic carbocycles. The fourth-order valence-corrected chi connectivity index (χ4v) is 7.12. The van der Waals surface area contributed by atoms with Crippen molar-refractivity contribution < 1.29 is 23.9 Å². The molecule has 5 rings (SSSR count). The van der Waals surface area contributed by atoms with E-state index in [4.69, 9.17) is 32.7 Å². The number of halogens is 2. The predicted octanol–water partition coefficient (Wildman–Crippen LogP) is 3.67. The molecule has 1 spiro atoms. The third-order valence-electron chi connectivity index (χ3n) is 8.63. The average molecular weight is 550 g/mol. The maximum Gasteiger partial charge on any atom is 0.246 e. The van der Waals surface area contributed by atoms with Crippen molar-refractivity contribution in [2.75, 3.05) is 25.6 Å². The first-order chi connectivity index (χ1) is 17.7. The zero-order valence-corrected chi connectivity index (χ0v) is 22.7. The van der Waals surface area contributed by atoms with Crippen LogP contribution in [0.15, 0.2) is 30.4 Å². The zero-order valence-electron chi connectivity index (χ0n) is 21.2. The Morgan fingerprint density at radius 1 is 1.16 bits per heavy atom. The highest BCUT2D eigenvalue weighted by molar-refractivity contribution is 6.35. The van der Waals surface area contributed by atoms with E-state index in [-0.39, 0.29) is 36.9 Å². The van der Waals surface area contributed by atoms with Crippen LogP contribution in [-0.2, 0) is 23.9 Å². The molecule has 1 aliphatic carbocycles. The van der Waals surface area contributed by atoms with E-state index in [1.54, 1.807) is 31.4 Å². The quantitative estimate of drug-likeness (QED) is 0.506. The number of ether oxygens (including phenoxy) is 2. The summed E-state index contributed by atoms with van der Waals surface area (Å²) in [4.78, 5) is 42.7. The van der Waals surface area contributed by atoms with Crippen LogP contribution in [0.3, 0.4) is 0 Å². The summed E-state index contributed by atoms with van der Waals surface area (Å²) < 4.78 is 11.6. The highest BCUT2D eigenvalue weighted by Crippen LogP contribution is 2.55. The molecule has 37 heavy (non-hydrogen) atoms. The molecule has 0 radical (unpaired) electrons. The Hall–Kier alpha value is -2.13. The monoisotopic (exact) mass is 549 g/mol. The van der Waals surface area contributed by atoms with Gasteiger partial charge in [0, 0.05) is 35.4 Å². The van der Waals surface area contributed by atoms with Gasteiger partial charge in [-0.05, 0) is 36.5 Å². The molecule has 200 valence electrons. The number of hydrogen-bond acceptors (Lipinski definition) is 5. The summed E-state index contributed by atoms with van der Waals surface area (Å²) in [5, 5.41) is 6.84. The van der Waals surface area contributed by atoms with Gasteiger partial charge in [0.25, 0.3) is 0 Å². The van der Waals surface area contributed by atoms with Crippen LogP contribution in [0, 0.1) is 23.7 Å². The fraction of sp³-hybridized carbons (Fsp3) is 0.593. The summed E-state index contributed by atoms with van der Waals surface area (Å²) in [5.74, 6) is -1.69. The third-order valence-corrected chi connectivity index (χ3v) is 9.06. The minimum Gasteiger partial charge on any atom is -0.383 e. The Morgan fingerprint density at radius 2 is 1.89 bits per heavy atom. The molecule has 3 heterocycles. The first-order valence-corrected chi connectivity index (χ1v) is 13.7. The van der Waals surface area contributed by atoms with Gasteiger partial charge in [-0.25, -0.2) is 0 Å². The Labute approximate surface area is 227 Å². The van der Waals surface area contributed by atoms with E-state index >= 15 is 0 Å². The molecule has 3 aliphatic heterocycles. The van der Waals surface area contributed by atoms with Crippen molar-refractivity contribution in [1.29, 1.82) is 0 Å². The van der Waals surface area contributed by atoms with E-state index in [1.165, 1.54) is 4.90 Å². The number of anilines is 1. The Bertz CT molecular complexity index is 1110. The molecule has 1 saturated carbocycles. The van der Waals surface area contributed by atoms with E-state index in [1.807, 2.05) is 6.08 Å². The Morgan fingerprint density at radius 3 is 2.59 bits per heavy atom. The highest BCUT2D eigenvalue weighted by atomic mass is 35.5. The normalized spacial score (nSPS) is 36.1. The van der Waals surface area contributed by atoms with Crippen LogP contribution in [0.2, 0.25) is 10.0 Å². The van der Waals surface area contributed by atoms with Crippen LogP contribution in [0.1, 0.15) is 33.1 Å². The van der Waals surface area contributed by atoms with Gasteiger partial charge in [0.1, 0.15) is 11.6 Å². The molecule has 8 nitrogen and oxygen atoms in total. The molecule has 2 bridgehead atoms. The lowest BCUT2D eigenvalue weighted by Crippen LogP contribution is -2.58. The van der Waals surface area contributed by atoms with Crippen LogP contribution in [0.5, 0.6) is 0 Å². The van der Waals surface area contributed by atoms with E-state index < -0.39 is 29.6 Å². The van der Waals surface area contributed by atoms with Gasteiger partial charge < -0.3 is 25.0 Å². The molecule has 4 aliphatic rings. The number of nitrogens with one attached hydrogen (secondary N) is 2. The van der Waals surface area contributed by atoms with E-state index in [0.717, 1.165) is 19.3 Å². The minimum atomic E-state index is -1.21. The zero-order chi connectivity index (χ0) is 26.5. The fourth-order valence-electron chi connectivity index (χ4n) is 6.60. The van der Waals surface area contributed by atoms with Gasteiger partial charge in [-0.3, -0.25) is 14.4 Å². The standard InChI is InChI=1S/C27H33Cl2N3O5/c1-14-5-4-6-19(15(14)2)31-25(34)23-27-8-7-20(37-27)21(22(27)26(35)32(23)9-10-36-3)24(33)30-18-12-16(28)11-17(29)13-18/h7-8,11-15,19-23H,4-6,9-10H2,1-3H3,(H,30,33)(H,31,34)/t14-,15-,19-,20-,21-,22-,23+,27+/m1/s1. The average Bonchev–Trinajstić information content (AvgIpc) is 3.47. The van der Waals surface area contributed by atoms with Gasteiger partial charge in [-0.1, -0.05) is 62.0 Å². The second kappa shape index (κ2) is 10.2. The van der Waals surface area contributed by atoms with Gasteiger partial charge in [0.2, 0.25) is 17.7 Å². The number of carbonyl (C=O) groups is 3. The van der Waals surface area contributed by atoms with Crippen LogP contribution in [-0.4, -0.2) is 66.7 Å². The summed E-state index contributed by atoms with van der Waals surface area (Å²) >= 11 is 12.2. The van der Waals surface area contributed by atoms with Crippen molar-refractivity contribution in [3.8, 4) is 0 Å². The van der Waals surface area contributed by atoms with Gasteiger partial charge in [-0.2, -0.15) is 0 Å². The number of benzene rings is 1. The SMILES string of the molecule is COCCN1C(=O)[C@H]2[C@H](C(=O)Nc3cc(Cl)cc(Cl)c3)[C@H]3C=C[C@@]2(O3)[C@@H]1C(=O)N[C@@H]1CCC[C@@H](C)[C@H]1C. The largest absolute Gasteiger partial charge is 0.383 e. The molecule has 3 fully saturated rings. The Balaban J connectivity index is 1.43. The molecule has 10 heteroatoms. The van der Waals surface area contributed by atoms with Gasteiger partial charge in [-0.15, -0.1) is 0 Å². The molecule has 2 N–H and O–H groups in total. The molecular weight excluding hydrogens is 517 g/mol. The number of likely N-dealkylation sites (tertiary alicyclic amines) is 1. The van der Waals surface area contributed by atoms with E-state index in [2.05, 4.69) is 24.5 Å². The van der Waals surface area contributed by atoms with Crippen LogP contribution in [0.25, 0.3) is 0 Å². The third kappa shape index (κ3) is 4.56. The Kier molecular flexibility index (Phi) is 7.31. The lowest BCUT2D eigenvalue weighted by molar-refractivity contribution is -0.142. The summed E-state index contributed by atoms with van der Waals surface area (Å²) in [6, 6.07) is 3.90. The highest BCUT2D eigenvalue weighted by Gasteiger charge is 2.72. The molecule has 2 saturated heterocycles. The van der Waals surface area contributed by atoms with Crippen molar-refractivity contribution in [3.05, 3.63) is 40.4 Å². The molecule has 3 amide bonds. The smallest absolute Gasteiger partial charge is 0.246 e. The molecule has 8 atom stereocenters. The molecule has 0 unspecified atom stereocenters. The van der Waals surface area contributed by atoms with Crippen LogP contribution >= 0.6 is 23.2 Å². The van der Waals surface area contributed by atoms with Crippen molar-refractivity contribution in [2.45, 2.75) is 56.9 Å². The van der Waals surface area contributed by atoms with Crippen molar-refractivity contribution in [2.24, 2.45) is 23.7 Å². The maximum atomic E-state index is 13.9. The van der Waals surface area contributed by atoms with E-state index in [9.17, 15) is 14.4 Å². The van der Waals surface area contributed by atoms with Crippen LogP contribution < -0.4 is 10.6 Å². The summed E-state index contributed by atoms with van der Waals surface area (Å²) in [6.45, 7) is 4.86. The summed E-state index contributed by atoms with van der Waals surface area (Å²) in [7, 11) is 1.55. The predicted molar refractivity (Wildman–Crippen MR) is 140 cm³/mol. The number of methoxy groups -OCH3 is 1. The second-order valence-corrected chi connectivity index (χ2v) is 11.6. The number of nitrogens with zero attached hydrogens (tertiary/aromatic N) is 1. The van der Waals surface area contributed by atoms with E-state index in [0.29, 0.717) is 27.6 Å². The van der Waals surface area contributed by atoms with Gasteiger partial charge in [0.15, 0.2) is 0 Å². The number of carbonyl (C=O) groups excluding carboxylic acids is 3. The number of rotatable bonds is 7. The van der Waals surface area contributed by atoms with Gasteiger partial charge >= 0.3 is 0 Å². The topological polar surface area (TPSA) is 97.0 Å². The van der Waals surface area contributed by atoms with Crippen molar-refractivity contribution in [3.63, 3.8) is 0 Å². The summed E-state index contributed by atoms with van der Waals surface area (Å²) in [6.07, 6.45) is 6.09. The number of hydrogen-bond donors (Lipinski definition) is 2. The van der Waals surface area contributed by atoms with Gasteiger partial charge in [0.05, 0.1) is 24.5 Å².